The van der Waals surface area contributed by atoms with Gasteiger partial charge in [0.15, 0.2) is 0 Å². The Kier molecular flexibility index (Phi) is 6.92. The van der Waals surface area contributed by atoms with Crippen LogP contribution in [0.2, 0.25) is 0 Å². The number of rotatable bonds is 4. The van der Waals surface area contributed by atoms with Crippen molar-refractivity contribution in [2.45, 2.75) is 13.0 Å². The molecular formula is C10H15BrClNO2. The number of hydrogen-bond donors (Lipinski definition) is 2. The van der Waals surface area contributed by atoms with Gasteiger partial charge in [-0.15, -0.1) is 12.4 Å². The number of aliphatic hydroxyl groups excluding tert-OH is 1. The van der Waals surface area contributed by atoms with Crippen LogP contribution in [0, 0.1) is 0 Å². The average molecular weight is 297 g/mol. The first-order valence-corrected chi connectivity index (χ1v) is 5.27. The lowest BCUT2D eigenvalue weighted by Crippen LogP contribution is -2.15. The number of benzene rings is 1. The van der Waals surface area contributed by atoms with Crippen LogP contribution in [0.25, 0.3) is 0 Å². The summed E-state index contributed by atoms with van der Waals surface area (Å²) < 4.78 is 6.33. The Morgan fingerprint density at radius 3 is 2.73 bits per heavy atom. The van der Waals surface area contributed by atoms with Gasteiger partial charge in [-0.05, 0) is 25.1 Å². The molecule has 0 aliphatic carbocycles. The van der Waals surface area contributed by atoms with Crippen molar-refractivity contribution in [3.63, 3.8) is 0 Å². The van der Waals surface area contributed by atoms with Gasteiger partial charge in [0.25, 0.3) is 0 Å². The van der Waals surface area contributed by atoms with Crippen LogP contribution < -0.4 is 10.5 Å². The van der Waals surface area contributed by atoms with E-state index in [4.69, 9.17) is 15.6 Å². The zero-order valence-corrected chi connectivity index (χ0v) is 10.8. The molecule has 0 aliphatic rings. The number of aliphatic hydroxyl groups is 1. The molecule has 86 valence electrons. The second kappa shape index (κ2) is 7.06. The first-order chi connectivity index (χ1) is 6.69. The minimum atomic E-state index is -0.394. The normalized spacial score (nSPS) is 11.7. The highest BCUT2D eigenvalue weighted by atomic mass is 79.9. The van der Waals surface area contributed by atoms with Crippen LogP contribution >= 0.6 is 28.3 Å². The molecule has 0 radical (unpaired) electrons. The number of halogens is 2. The zero-order valence-electron chi connectivity index (χ0n) is 8.44. The average Bonchev–Trinajstić information content (AvgIpc) is 2.20. The summed E-state index contributed by atoms with van der Waals surface area (Å²) >= 11 is 3.35. The molecule has 0 amide bonds. The molecule has 0 aromatic heterocycles. The molecule has 1 rings (SSSR count). The summed E-state index contributed by atoms with van der Waals surface area (Å²) in [5.74, 6) is 0.734. The van der Waals surface area contributed by atoms with Crippen molar-refractivity contribution < 1.29 is 9.84 Å². The van der Waals surface area contributed by atoms with Gasteiger partial charge in [0.2, 0.25) is 0 Å². The van der Waals surface area contributed by atoms with E-state index < -0.39 is 6.04 Å². The van der Waals surface area contributed by atoms with Crippen LogP contribution in [0.5, 0.6) is 5.75 Å². The molecule has 0 aliphatic heterocycles. The van der Waals surface area contributed by atoms with Gasteiger partial charge in [-0.2, -0.15) is 0 Å². The van der Waals surface area contributed by atoms with E-state index in [0.717, 1.165) is 15.8 Å². The van der Waals surface area contributed by atoms with E-state index in [1.54, 1.807) is 0 Å². The summed E-state index contributed by atoms with van der Waals surface area (Å²) in [4.78, 5) is 0. The molecule has 0 saturated carbocycles. The molecule has 1 aromatic rings. The Bertz CT molecular complexity index is 309. The van der Waals surface area contributed by atoms with Gasteiger partial charge < -0.3 is 15.6 Å². The maximum atomic E-state index is 8.98. The standard InChI is InChI=1S/C10H14BrNO2.ClH/c1-2-14-10-4-3-7(11)5-8(10)9(12)6-13;/h3-5,9,13H,2,6,12H2,1H3;1H/t9-;/m0./s1. The van der Waals surface area contributed by atoms with E-state index >= 15 is 0 Å². The van der Waals surface area contributed by atoms with Crippen molar-refractivity contribution >= 4 is 28.3 Å². The minimum Gasteiger partial charge on any atom is -0.494 e. The molecule has 3 nitrogen and oxygen atoms in total. The Labute approximate surface area is 104 Å². The highest BCUT2D eigenvalue weighted by Gasteiger charge is 2.11. The van der Waals surface area contributed by atoms with Gasteiger partial charge in [-0.1, -0.05) is 15.9 Å². The third-order valence-electron chi connectivity index (χ3n) is 1.87. The van der Waals surface area contributed by atoms with E-state index in [0.29, 0.717) is 6.61 Å². The molecule has 1 atom stereocenters. The Morgan fingerprint density at radius 1 is 1.53 bits per heavy atom. The van der Waals surface area contributed by atoms with Crippen molar-refractivity contribution in [1.82, 2.24) is 0 Å². The first-order valence-electron chi connectivity index (χ1n) is 4.47. The lowest BCUT2D eigenvalue weighted by molar-refractivity contribution is 0.261. The number of hydrogen-bond acceptors (Lipinski definition) is 3. The van der Waals surface area contributed by atoms with Gasteiger partial charge >= 0.3 is 0 Å². The molecule has 0 heterocycles. The van der Waals surface area contributed by atoms with Crippen LogP contribution in [-0.2, 0) is 0 Å². The maximum Gasteiger partial charge on any atom is 0.124 e. The summed E-state index contributed by atoms with van der Waals surface area (Å²) in [5, 5.41) is 8.98. The van der Waals surface area contributed by atoms with Gasteiger partial charge in [0.05, 0.1) is 19.3 Å². The SMILES string of the molecule is CCOc1ccc(Br)cc1[C@@H](N)CO.Cl. The van der Waals surface area contributed by atoms with Gasteiger partial charge in [-0.3, -0.25) is 0 Å². The third-order valence-corrected chi connectivity index (χ3v) is 2.36. The van der Waals surface area contributed by atoms with E-state index in [1.807, 2.05) is 25.1 Å². The smallest absolute Gasteiger partial charge is 0.124 e. The van der Waals surface area contributed by atoms with Crippen LogP contribution in [0.1, 0.15) is 18.5 Å². The molecule has 0 saturated heterocycles. The predicted molar refractivity (Wildman–Crippen MR) is 66.6 cm³/mol. The van der Waals surface area contributed by atoms with Crippen LogP contribution in [0.3, 0.4) is 0 Å². The molecular weight excluding hydrogens is 281 g/mol. The Balaban J connectivity index is 0.00000196. The van der Waals surface area contributed by atoms with Crippen molar-refractivity contribution in [2.24, 2.45) is 5.73 Å². The lowest BCUT2D eigenvalue weighted by Gasteiger charge is -2.14. The predicted octanol–water partition coefficient (Wildman–Crippen LogP) is 2.26. The van der Waals surface area contributed by atoms with Gasteiger partial charge in [-0.25, -0.2) is 0 Å². The van der Waals surface area contributed by atoms with E-state index in [1.165, 1.54) is 0 Å². The quantitative estimate of drug-likeness (QED) is 0.896. The fourth-order valence-corrected chi connectivity index (χ4v) is 1.57. The molecule has 0 fully saturated rings. The van der Waals surface area contributed by atoms with Crippen molar-refractivity contribution in [1.29, 1.82) is 0 Å². The molecule has 3 N–H and O–H groups in total. The summed E-state index contributed by atoms with van der Waals surface area (Å²) in [6, 6.07) is 5.21. The van der Waals surface area contributed by atoms with Crippen LogP contribution in [0.4, 0.5) is 0 Å². The second-order valence-corrected chi connectivity index (χ2v) is 3.82. The molecule has 0 unspecified atom stereocenters. The Hall–Kier alpha value is -0.290. The van der Waals surface area contributed by atoms with Gasteiger partial charge in [0.1, 0.15) is 5.75 Å². The van der Waals surface area contributed by atoms with Crippen LogP contribution in [-0.4, -0.2) is 18.3 Å². The second-order valence-electron chi connectivity index (χ2n) is 2.90. The van der Waals surface area contributed by atoms with Crippen molar-refractivity contribution in [3.05, 3.63) is 28.2 Å². The molecule has 15 heavy (non-hydrogen) atoms. The highest BCUT2D eigenvalue weighted by Crippen LogP contribution is 2.27. The van der Waals surface area contributed by atoms with E-state index in [-0.39, 0.29) is 19.0 Å². The zero-order chi connectivity index (χ0) is 10.6. The summed E-state index contributed by atoms with van der Waals surface area (Å²) in [6.07, 6.45) is 0. The highest BCUT2D eigenvalue weighted by molar-refractivity contribution is 9.10. The third kappa shape index (κ3) is 3.99. The maximum absolute atomic E-state index is 8.98. The summed E-state index contributed by atoms with van der Waals surface area (Å²) in [6.45, 7) is 2.42. The van der Waals surface area contributed by atoms with Crippen molar-refractivity contribution in [2.75, 3.05) is 13.2 Å². The fourth-order valence-electron chi connectivity index (χ4n) is 1.19. The number of nitrogens with two attached hydrogens (primary N) is 1. The van der Waals surface area contributed by atoms with E-state index in [9.17, 15) is 0 Å². The Morgan fingerprint density at radius 2 is 2.20 bits per heavy atom. The fraction of sp³-hybridized carbons (Fsp3) is 0.400. The summed E-state index contributed by atoms with van der Waals surface area (Å²) in [7, 11) is 0. The molecule has 5 heteroatoms. The van der Waals surface area contributed by atoms with E-state index in [2.05, 4.69) is 15.9 Å². The largest absolute Gasteiger partial charge is 0.494 e. The van der Waals surface area contributed by atoms with Gasteiger partial charge in [0, 0.05) is 10.0 Å². The van der Waals surface area contributed by atoms with Crippen molar-refractivity contribution in [3.8, 4) is 5.75 Å². The van der Waals surface area contributed by atoms with Crippen LogP contribution in [0.15, 0.2) is 22.7 Å². The topological polar surface area (TPSA) is 55.5 Å². The molecule has 0 bridgehead atoms. The molecule has 0 spiro atoms. The molecule has 1 aromatic carbocycles. The monoisotopic (exact) mass is 295 g/mol. The minimum absolute atomic E-state index is 0. The lowest BCUT2D eigenvalue weighted by atomic mass is 10.1. The first kappa shape index (κ1) is 14.7. The number of ether oxygens (including phenoxy) is 1. The summed E-state index contributed by atoms with van der Waals surface area (Å²) in [5.41, 5.74) is 6.57.